The molecule has 0 saturated carbocycles. The second kappa shape index (κ2) is 6.35. The van der Waals surface area contributed by atoms with Crippen LogP contribution in [-0.4, -0.2) is 24.2 Å². The Morgan fingerprint density at radius 1 is 1.27 bits per heavy atom. The van der Waals surface area contributed by atoms with Gasteiger partial charge in [-0.3, -0.25) is 4.90 Å². The highest BCUT2D eigenvalue weighted by atomic mass is 32.2. The summed E-state index contributed by atoms with van der Waals surface area (Å²) in [6.45, 7) is 4.31. The Balaban J connectivity index is 1.86. The van der Waals surface area contributed by atoms with E-state index in [1.54, 1.807) is 18.9 Å². The molecule has 6 heteroatoms. The molecule has 0 spiro atoms. The summed E-state index contributed by atoms with van der Waals surface area (Å²) in [5, 5.41) is 4.21. The van der Waals surface area contributed by atoms with Gasteiger partial charge in [0.15, 0.2) is 22.3 Å². The van der Waals surface area contributed by atoms with Crippen LogP contribution in [0.25, 0.3) is 0 Å². The quantitative estimate of drug-likeness (QED) is 0.613. The van der Waals surface area contributed by atoms with Gasteiger partial charge in [-0.15, -0.1) is 11.8 Å². The fraction of sp³-hybridized carbons (Fsp3) is 0.350. The van der Waals surface area contributed by atoms with Crippen molar-refractivity contribution < 1.29 is 9.47 Å². The van der Waals surface area contributed by atoms with Gasteiger partial charge in [0.05, 0.1) is 13.2 Å². The van der Waals surface area contributed by atoms with Crippen LogP contribution in [0.5, 0.6) is 11.5 Å². The van der Waals surface area contributed by atoms with Crippen molar-refractivity contribution in [3.63, 3.8) is 0 Å². The molecule has 4 rings (SSSR count). The van der Waals surface area contributed by atoms with Crippen LogP contribution < -0.4 is 19.7 Å². The van der Waals surface area contributed by atoms with Crippen LogP contribution in [0, 0.1) is 5.92 Å². The number of thioether (sulfide) groups is 1. The third kappa shape index (κ3) is 2.47. The molecule has 0 aliphatic carbocycles. The molecule has 2 heterocycles. The number of thiocarbonyl (C=S) groups is 1. The van der Waals surface area contributed by atoms with Crippen LogP contribution in [0.2, 0.25) is 0 Å². The van der Waals surface area contributed by atoms with Crippen LogP contribution in [0.15, 0.2) is 47.4 Å². The number of fused-ring (bicyclic) bond motifs is 4. The number of methoxy groups -OCH3 is 1. The zero-order chi connectivity index (χ0) is 18.5. The monoisotopic (exact) mass is 386 g/mol. The zero-order valence-electron chi connectivity index (χ0n) is 15.3. The fourth-order valence-electron chi connectivity index (χ4n) is 3.90. The maximum atomic E-state index is 6.60. The Morgan fingerprint density at radius 3 is 2.77 bits per heavy atom. The van der Waals surface area contributed by atoms with Gasteiger partial charge in [0.2, 0.25) is 0 Å². The number of hydrogen-bond donors (Lipinski definition) is 1. The van der Waals surface area contributed by atoms with E-state index in [2.05, 4.69) is 60.7 Å². The highest BCUT2D eigenvalue weighted by molar-refractivity contribution is 7.98. The van der Waals surface area contributed by atoms with Crippen LogP contribution in [0.4, 0.5) is 5.69 Å². The SMILES string of the molecule is COc1cccc2c1OC1(C)C(C)C2NC(=S)N1c1cccc(SC)c1. The molecule has 1 saturated heterocycles. The van der Waals surface area contributed by atoms with Gasteiger partial charge in [-0.2, -0.15) is 0 Å². The standard InChI is InChI=1S/C20H22N2O2S2/c1-12-17-15-9-6-10-16(23-3)18(15)24-20(12,2)22(19(25)21-17)13-7-5-8-14(11-13)26-4/h5-12,17H,1-4H3,(H,21,25). The Morgan fingerprint density at radius 2 is 2.04 bits per heavy atom. The Kier molecular flexibility index (Phi) is 4.28. The van der Waals surface area contributed by atoms with Gasteiger partial charge in [-0.25, -0.2) is 0 Å². The summed E-state index contributed by atoms with van der Waals surface area (Å²) in [5.74, 6) is 1.73. The number of nitrogens with one attached hydrogen (secondary N) is 1. The van der Waals surface area contributed by atoms with Crippen LogP contribution in [-0.2, 0) is 0 Å². The predicted octanol–water partition coefficient (Wildman–Crippen LogP) is 4.60. The smallest absolute Gasteiger partial charge is 0.191 e. The second-order valence-electron chi connectivity index (χ2n) is 6.79. The van der Waals surface area contributed by atoms with E-state index in [-0.39, 0.29) is 12.0 Å². The highest BCUT2D eigenvalue weighted by Gasteiger charge is 2.54. The summed E-state index contributed by atoms with van der Waals surface area (Å²) in [6, 6.07) is 14.5. The number of benzene rings is 2. The number of anilines is 1. The van der Waals surface area contributed by atoms with E-state index in [0.717, 1.165) is 22.7 Å². The van der Waals surface area contributed by atoms with Crippen molar-refractivity contribution in [3.05, 3.63) is 48.0 Å². The van der Waals surface area contributed by atoms with Gasteiger partial charge in [0.1, 0.15) is 0 Å². The second-order valence-corrected chi connectivity index (χ2v) is 8.05. The number of para-hydroxylation sites is 1. The average Bonchev–Trinajstić information content (AvgIpc) is 2.64. The third-order valence-electron chi connectivity index (χ3n) is 5.46. The molecular weight excluding hydrogens is 364 g/mol. The molecule has 26 heavy (non-hydrogen) atoms. The molecule has 2 aliphatic rings. The van der Waals surface area contributed by atoms with Gasteiger partial charge < -0.3 is 14.8 Å². The number of rotatable bonds is 3. The summed E-state index contributed by atoms with van der Waals surface area (Å²) < 4.78 is 12.2. The summed E-state index contributed by atoms with van der Waals surface area (Å²) in [7, 11) is 1.67. The molecule has 2 aliphatic heterocycles. The molecule has 1 N–H and O–H groups in total. The maximum absolute atomic E-state index is 6.60. The van der Waals surface area contributed by atoms with Crippen molar-refractivity contribution in [1.29, 1.82) is 0 Å². The van der Waals surface area contributed by atoms with Crippen molar-refractivity contribution in [2.45, 2.75) is 30.5 Å². The molecule has 4 nitrogen and oxygen atoms in total. The molecule has 0 aromatic heterocycles. The van der Waals surface area contributed by atoms with Gasteiger partial charge in [0.25, 0.3) is 0 Å². The minimum absolute atomic E-state index is 0.0892. The lowest BCUT2D eigenvalue weighted by Gasteiger charge is -2.56. The van der Waals surface area contributed by atoms with Gasteiger partial charge in [-0.1, -0.05) is 25.1 Å². The highest BCUT2D eigenvalue weighted by Crippen LogP contribution is 2.52. The third-order valence-corrected chi connectivity index (χ3v) is 6.48. The summed E-state index contributed by atoms with van der Waals surface area (Å²) in [5.41, 5.74) is 1.51. The molecule has 2 bridgehead atoms. The Labute approximate surface area is 163 Å². The van der Waals surface area contributed by atoms with Crippen molar-refractivity contribution >= 4 is 34.8 Å². The van der Waals surface area contributed by atoms with Gasteiger partial charge in [0, 0.05) is 22.1 Å². The van der Waals surface area contributed by atoms with Crippen LogP contribution in [0.1, 0.15) is 25.5 Å². The van der Waals surface area contributed by atoms with Crippen molar-refractivity contribution in [2.24, 2.45) is 5.92 Å². The first kappa shape index (κ1) is 17.5. The predicted molar refractivity (Wildman–Crippen MR) is 110 cm³/mol. The van der Waals surface area contributed by atoms with Crippen molar-refractivity contribution in [2.75, 3.05) is 18.3 Å². The van der Waals surface area contributed by atoms with E-state index in [1.807, 2.05) is 12.1 Å². The molecule has 3 unspecified atom stereocenters. The van der Waals surface area contributed by atoms with Crippen molar-refractivity contribution in [3.8, 4) is 11.5 Å². The molecule has 1 fully saturated rings. The molecule has 3 atom stereocenters. The molecular formula is C20H22N2O2S2. The van der Waals surface area contributed by atoms with Crippen LogP contribution in [0.3, 0.4) is 0 Å². The lowest BCUT2D eigenvalue weighted by Crippen LogP contribution is -2.69. The Bertz CT molecular complexity index is 873. The first-order valence-corrected chi connectivity index (χ1v) is 10.2. The van der Waals surface area contributed by atoms with E-state index >= 15 is 0 Å². The molecule has 0 radical (unpaired) electrons. The van der Waals surface area contributed by atoms with E-state index in [4.69, 9.17) is 21.7 Å². The largest absolute Gasteiger partial charge is 0.493 e. The van der Waals surface area contributed by atoms with Crippen molar-refractivity contribution in [1.82, 2.24) is 5.32 Å². The Hall–Kier alpha value is -1.92. The fourth-order valence-corrected chi connectivity index (χ4v) is 4.77. The first-order valence-electron chi connectivity index (χ1n) is 8.60. The van der Waals surface area contributed by atoms with E-state index in [1.165, 1.54) is 4.90 Å². The number of hydrogen-bond acceptors (Lipinski definition) is 4. The first-order chi connectivity index (χ1) is 12.5. The average molecular weight is 387 g/mol. The number of ether oxygens (including phenoxy) is 2. The van der Waals surface area contributed by atoms with E-state index in [0.29, 0.717) is 5.11 Å². The minimum Gasteiger partial charge on any atom is -0.493 e. The van der Waals surface area contributed by atoms with Gasteiger partial charge in [-0.05, 0) is 49.7 Å². The lowest BCUT2D eigenvalue weighted by atomic mass is 9.80. The van der Waals surface area contributed by atoms with E-state index < -0.39 is 5.72 Å². The topological polar surface area (TPSA) is 33.7 Å². The lowest BCUT2D eigenvalue weighted by molar-refractivity contribution is -0.00548. The zero-order valence-corrected chi connectivity index (χ0v) is 16.9. The molecule has 2 aromatic rings. The molecule has 136 valence electrons. The minimum atomic E-state index is -0.605. The summed E-state index contributed by atoms with van der Waals surface area (Å²) in [6.07, 6.45) is 2.07. The van der Waals surface area contributed by atoms with E-state index in [9.17, 15) is 0 Å². The molecule has 0 amide bonds. The molecule has 2 aromatic carbocycles. The number of nitrogens with zero attached hydrogens (tertiary/aromatic N) is 1. The normalized spacial score (nSPS) is 26.6. The summed E-state index contributed by atoms with van der Waals surface area (Å²) >= 11 is 7.47. The van der Waals surface area contributed by atoms with Gasteiger partial charge >= 0.3 is 0 Å². The van der Waals surface area contributed by atoms with Crippen LogP contribution >= 0.6 is 24.0 Å². The maximum Gasteiger partial charge on any atom is 0.191 e. The summed E-state index contributed by atoms with van der Waals surface area (Å²) in [4.78, 5) is 3.29.